The Balaban J connectivity index is 2.26. The molecule has 0 aliphatic rings. The van der Waals surface area contributed by atoms with Crippen LogP contribution in [0.15, 0.2) is 53.3 Å². The molecule has 6 heteroatoms. The number of hydrogen-bond acceptors (Lipinski definition) is 4. The second kappa shape index (κ2) is 5.75. The number of nitrogens with zero attached hydrogens (tertiary/aromatic N) is 3. The molecule has 0 fully saturated rings. The zero-order valence-corrected chi connectivity index (χ0v) is 13.9. The van der Waals surface area contributed by atoms with Gasteiger partial charge in [0.05, 0.1) is 18.1 Å². The third-order valence-electron chi connectivity index (χ3n) is 4.45. The van der Waals surface area contributed by atoms with Gasteiger partial charge in [0.1, 0.15) is 18.2 Å². The van der Waals surface area contributed by atoms with Crippen LogP contribution < -0.4 is 10.3 Å². The fourth-order valence-corrected chi connectivity index (χ4v) is 3.22. The summed E-state index contributed by atoms with van der Waals surface area (Å²) < 4.78 is 8.74. The number of fused-ring (bicyclic) bond motifs is 3. The van der Waals surface area contributed by atoms with Crippen molar-refractivity contribution in [1.29, 1.82) is 0 Å². The van der Waals surface area contributed by atoms with Gasteiger partial charge in [-0.2, -0.15) is 0 Å². The molecular formula is C19H17N3O3. The number of imidazole rings is 1. The standard InChI is InChI=1S/C19H17N3O3/c1-21-16(11-23)20-17-18(21)14-9-8-13(25-2)10-15(14)22(19(17)24)12-6-4-3-5-7-12/h3-10,23H,11H2,1-2H3. The number of aromatic nitrogens is 3. The van der Waals surface area contributed by atoms with E-state index in [4.69, 9.17) is 4.74 Å². The fraction of sp³-hybridized carbons (Fsp3) is 0.158. The molecular weight excluding hydrogens is 318 g/mol. The van der Waals surface area contributed by atoms with Crippen LogP contribution in [0.3, 0.4) is 0 Å². The lowest BCUT2D eigenvalue weighted by Crippen LogP contribution is -2.19. The van der Waals surface area contributed by atoms with Gasteiger partial charge in [-0.15, -0.1) is 0 Å². The van der Waals surface area contributed by atoms with E-state index in [1.807, 2.05) is 48.5 Å². The Morgan fingerprint density at radius 3 is 2.60 bits per heavy atom. The number of rotatable bonds is 3. The van der Waals surface area contributed by atoms with E-state index >= 15 is 0 Å². The number of aliphatic hydroxyl groups excluding tert-OH is 1. The number of benzene rings is 2. The summed E-state index contributed by atoms with van der Waals surface area (Å²) in [6, 6.07) is 15.0. The summed E-state index contributed by atoms with van der Waals surface area (Å²) in [5, 5.41) is 10.4. The Morgan fingerprint density at radius 1 is 1.16 bits per heavy atom. The van der Waals surface area contributed by atoms with E-state index in [2.05, 4.69) is 4.98 Å². The largest absolute Gasteiger partial charge is 0.497 e. The van der Waals surface area contributed by atoms with Crippen LogP contribution >= 0.6 is 0 Å². The maximum atomic E-state index is 13.2. The van der Waals surface area contributed by atoms with Crippen LogP contribution in [0.1, 0.15) is 5.82 Å². The Labute approximate surface area is 143 Å². The Kier molecular flexibility index (Phi) is 3.54. The van der Waals surface area contributed by atoms with Gasteiger partial charge in [-0.1, -0.05) is 18.2 Å². The highest BCUT2D eigenvalue weighted by Crippen LogP contribution is 2.28. The van der Waals surface area contributed by atoms with Gasteiger partial charge in [0.15, 0.2) is 5.52 Å². The quantitative estimate of drug-likeness (QED) is 0.624. The van der Waals surface area contributed by atoms with E-state index < -0.39 is 0 Å². The predicted molar refractivity (Wildman–Crippen MR) is 96.3 cm³/mol. The zero-order chi connectivity index (χ0) is 17.6. The number of hydrogen-bond donors (Lipinski definition) is 1. The summed E-state index contributed by atoms with van der Waals surface area (Å²) >= 11 is 0. The second-order valence-electron chi connectivity index (χ2n) is 5.80. The summed E-state index contributed by atoms with van der Waals surface area (Å²) in [5.41, 5.74) is 2.31. The zero-order valence-electron chi connectivity index (χ0n) is 13.9. The summed E-state index contributed by atoms with van der Waals surface area (Å²) in [6.45, 7) is -0.229. The van der Waals surface area contributed by atoms with E-state index in [9.17, 15) is 9.90 Å². The monoisotopic (exact) mass is 335 g/mol. The molecule has 4 aromatic rings. The van der Waals surface area contributed by atoms with E-state index in [1.165, 1.54) is 0 Å². The van der Waals surface area contributed by atoms with Gasteiger partial charge in [0.2, 0.25) is 0 Å². The summed E-state index contributed by atoms with van der Waals surface area (Å²) in [5.74, 6) is 1.12. The van der Waals surface area contributed by atoms with Crippen molar-refractivity contribution in [3.63, 3.8) is 0 Å². The molecule has 4 rings (SSSR count). The minimum atomic E-state index is -0.229. The van der Waals surface area contributed by atoms with E-state index in [0.29, 0.717) is 22.6 Å². The topological polar surface area (TPSA) is 69.3 Å². The molecule has 0 saturated carbocycles. The van der Waals surface area contributed by atoms with Gasteiger partial charge in [0, 0.05) is 24.2 Å². The van der Waals surface area contributed by atoms with Crippen molar-refractivity contribution < 1.29 is 9.84 Å². The summed E-state index contributed by atoms with van der Waals surface area (Å²) in [4.78, 5) is 17.5. The maximum Gasteiger partial charge on any atom is 0.283 e. The predicted octanol–water partition coefficient (Wildman–Crippen LogP) is 2.38. The average molecular weight is 335 g/mol. The molecule has 0 bridgehead atoms. The van der Waals surface area contributed by atoms with Crippen molar-refractivity contribution in [2.24, 2.45) is 7.05 Å². The Bertz CT molecular complexity index is 1140. The highest BCUT2D eigenvalue weighted by Gasteiger charge is 2.18. The van der Waals surface area contributed by atoms with Crippen molar-refractivity contribution in [3.8, 4) is 11.4 Å². The lowest BCUT2D eigenvalue weighted by Gasteiger charge is -2.13. The molecule has 126 valence electrons. The molecule has 0 atom stereocenters. The molecule has 2 heterocycles. The molecule has 0 amide bonds. The van der Waals surface area contributed by atoms with Gasteiger partial charge in [-0.3, -0.25) is 9.36 Å². The van der Waals surface area contributed by atoms with E-state index in [0.717, 1.165) is 16.6 Å². The molecule has 0 aliphatic carbocycles. The normalized spacial score (nSPS) is 11.3. The third-order valence-corrected chi connectivity index (χ3v) is 4.45. The summed E-state index contributed by atoms with van der Waals surface area (Å²) in [7, 11) is 3.40. The molecule has 0 aliphatic heterocycles. The lowest BCUT2D eigenvalue weighted by atomic mass is 10.1. The number of ether oxygens (including phenoxy) is 1. The van der Waals surface area contributed by atoms with Crippen LogP contribution in [0.25, 0.3) is 27.6 Å². The molecule has 1 N–H and O–H groups in total. The van der Waals surface area contributed by atoms with Crippen molar-refractivity contribution >= 4 is 21.9 Å². The first kappa shape index (κ1) is 15.4. The van der Waals surface area contributed by atoms with Crippen molar-refractivity contribution in [3.05, 3.63) is 64.7 Å². The van der Waals surface area contributed by atoms with Crippen LogP contribution in [-0.2, 0) is 13.7 Å². The van der Waals surface area contributed by atoms with Crippen LogP contribution in [0, 0.1) is 0 Å². The number of para-hydroxylation sites is 1. The molecule has 2 aromatic carbocycles. The van der Waals surface area contributed by atoms with Crippen molar-refractivity contribution in [2.75, 3.05) is 7.11 Å². The fourth-order valence-electron chi connectivity index (χ4n) is 3.22. The molecule has 0 unspecified atom stereocenters. The van der Waals surface area contributed by atoms with Gasteiger partial charge >= 0.3 is 0 Å². The number of aryl methyl sites for hydroxylation is 1. The molecule has 2 aromatic heterocycles. The first-order valence-electron chi connectivity index (χ1n) is 7.90. The van der Waals surface area contributed by atoms with Gasteiger partial charge in [-0.05, 0) is 24.3 Å². The first-order chi connectivity index (χ1) is 12.2. The smallest absolute Gasteiger partial charge is 0.283 e. The SMILES string of the molecule is COc1ccc2c3c(nc(CO)n3C)c(=O)n(-c3ccccc3)c2c1. The maximum absolute atomic E-state index is 13.2. The lowest BCUT2D eigenvalue weighted by molar-refractivity contribution is 0.268. The first-order valence-corrected chi connectivity index (χ1v) is 7.90. The average Bonchev–Trinajstić information content (AvgIpc) is 2.99. The second-order valence-corrected chi connectivity index (χ2v) is 5.80. The molecule has 0 saturated heterocycles. The highest BCUT2D eigenvalue weighted by molar-refractivity contribution is 6.03. The Morgan fingerprint density at radius 2 is 1.92 bits per heavy atom. The number of methoxy groups -OCH3 is 1. The van der Waals surface area contributed by atoms with E-state index in [1.54, 1.807) is 23.3 Å². The number of pyridine rings is 1. The van der Waals surface area contributed by atoms with Gasteiger partial charge in [-0.25, -0.2) is 4.98 Å². The van der Waals surface area contributed by atoms with Gasteiger partial charge < -0.3 is 14.4 Å². The minimum absolute atomic E-state index is 0.225. The third kappa shape index (κ3) is 2.22. The van der Waals surface area contributed by atoms with Crippen LogP contribution in [0.4, 0.5) is 0 Å². The van der Waals surface area contributed by atoms with Crippen LogP contribution in [0.5, 0.6) is 5.75 Å². The minimum Gasteiger partial charge on any atom is -0.497 e. The summed E-state index contributed by atoms with van der Waals surface area (Å²) in [6.07, 6.45) is 0. The van der Waals surface area contributed by atoms with Crippen molar-refractivity contribution in [1.82, 2.24) is 14.1 Å². The van der Waals surface area contributed by atoms with Crippen molar-refractivity contribution in [2.45, 2.75) is 6.61 Å². The molecule has 0 radical (unpaired) electrons. The van der Waals surface area contributed by atoms with Crippen LogP contribution in [0.2, 0.25) is 0 Å². The van der Waals surface area contributed by atoms with Crippen LogP contribution in [-0.4, -0.2) is 26.3 Å². The highest BCUT2D eigenvalue weighted by atomic mass is 16.5. The van der Waals surface area contributed by atoms with E-state index in [-0.39, 0.29) is 12.2 Å². The Hall–Kier alpha value is -3.12. The van der Waals surface area contributed by atoms with Gasteiger partial charge in [0.25, 0.3) is 5.56 Å². The molecule has 6 nitrogen and oxygen atoms in total. The molecule has 25 heavy (non-hydrogen) atoms. The number of aliphatic hydroxyl groups is 1. The molecule has 0 spiro atoms.